The zero-order valence-electron chi connectivity index (χ0n) is 21.7. The Morgan fingerprint density at radius 3 is 2.78 bits per heavy atom. The van der Waals surface area contributed by atoms with Crippen LogP contribution in [0, 0.1) is 24.2 Å². The van der Waals surface area contributed by atoms with Crippen LogP contribution < -0.4 is 10.1 Å². The van der Waals surface area contributed by atoms with Crippen molar-refractivity contribution in [2.45, 2.75) is 46.1 Å². The average molecular weight is 499 g/mol. The third kappa shape index (κ3) is 6.87. The van der Waals surface area contributed by atoms with Gasteiger partial charge >= 0.3 is 0 Å². The molecule has 7 heteroatoms. The second-order valence-electron chi connectivity index (χ2n) is 9.74. The van der Waals surface area contributed by atoms with Crippen molar-refractivity contribution in [2.24, 2.45) is 5.92 Å². The van der Waals surface area contributed by atoms with Crippen LogP contribution in [0.2, 0.25) is 0 Å². The summed E-state index contributed by atoms with van der Waals surface area (Å²) in [5, 5.41) is 17.5. The van der Waals surface area contributed by atoms with Crippen molar-refractivity contribution in [2.75, 3.05) is 19.8 Å². The van der Waals surface area contributed by atoms with Gasteiger partial charge in [0.1, 0.15) is 23.1 Å². The van der Waals surface area contributed by atoms with Crippen molar-refractivity contribution in [3.63, 3.8) is 0 Å². The molecule has 0 radical (unpaired) electrons. The number of aromatic nitrogens is 2. The molecule has 1 aliphatic heterocycles. The van der Waals surface area contributed by atoms with Gasteiger partial charge in [-0.25, -0.2) is 4.68 Å². The van der Waals surface area contributed by atoms with Gasteiger partial charge in [-0.2, -0.15) is 10.4 Å². The first kappa shape index (κ1) is 26.2. The van der Waals surface area contributed by atoms with Crippen LogP contribution in [0.25, 0.3) is 23.0 Å². The molecule has 0 aliphatic carbocycles. The number of amides is 1. The van der Waals surface area contributed by atoms with Crippen LogP contribution in [0.5, 0.6) is 5.75 Å². The Morgan fingerprint density at radius 1 is 1.30 bits per heavy atom. The van der Waals surface area contributed by atoms with E-state index in [1.807, 2.05) is 61.7 Å². The molecule has 1 saturated heterocycles. The van der Waals surface area contributed by atoms with Gasteiger partial charge in [0.2, 0.25) is 0 Å². The normalized spacial score (nSPS) is 15.5. The van der Waals surface area contributed by atoms with E-state index in [1.165, 1.54) is 0 Å². The van der Waals surface area contributed by atoms with Crippen LogP contribution in [0.1, 0.15) is 44.2 Å². The first-order chi connectivity index (χ1) is 17.9. The van der Waals surface area contributed by atoms with Gasteiger partial charge in [0.15, 0.2) is 0 Å². The maximum absolute atomic E-state index is 12.8. The molecule has 2 aromatic carbocycles. The minimum absolute atomic E-state index is 0.00420. The van der Waals surface area contributed by atoms with Crippen LogP contribution in [0.4, 0.5) is 0 Å². The number of nitriles is 1. The van der Waals surface area contributed by atoms with Crippen molar-refractivity contribution in [1.82, 2.24) is 15.1 Å². The molecule has 1 fully saturated rings. The summed E-state index contributed by atoms with van der Waals surface area (Å²) in [6.45, 7) is 8.14. The number of para-hydroxylation sites is 1. The Hall–Kier alpha value is -3.89. The number of aryl methyl sites for hydroxylation is 1. The summed E-state index contributed by atoms with van der Waals surface area (Å²) >= 11 is 0. The van der Waals surface area contributed by atoms with Crippen LogP contribution >= 0.6 is 0 Å². The third-order valence-electron chi connectivity index (χ3n) is 6.34. The Morgan fingerprint density at radius 2 is 2.11 bits per heavy atom. The molecule has 7 nitrogen and oxygen atoms in total. The lowest BCUT2D eigenvalue weighted by Crippen LogP contribution is -2.32. The van der Waals surface area contributed by atoms with Crippen LogP contribution in [-0.2, 0) is 9.53 Å². The first-order valence-corrected chi connectivity index (χ1v) is 12.8. The lowest BCUT2D eigenvalue weighted by atomic mass is 10.0. The first-order valence-electron chi connectivity index (χ1n) is 12.8. The number of carbonyl (C=O) groups excluding carboxylic acids is 1. The van der Waals surface area contributed by atoms with E-state index in [9.17, 15) is 10.1 Å². The predicted octanol–water partition coefficient (Wildman–Crippen LogP) is 5.47. The van der Waals surface area contributed by atoms with E-state index in [0.717, 1.165) is 41.8 Å². The minimum Gasteiger partial charge on any atom is -0.493 e. The van der Waals surface area contributed by atoms with Gasteiger partial charge in [-0.15, -0.1) is 0 Å². The molecule has 37 heavy (non-hydrogen) atoms. The number of hydrogen-bond acceptors (Lipinski definition) is 5. The van der Waals surface area contributed by atoms with E-state index < -0.39 is 5.91 Å². The standard InChI is InChI=1S/C30H34N4O3/c1-21(2)13-15-37-28-12-11-23(16-22(28)3)29-25(20-34(33-29)26-8-5-4-6-9-26)17-24(18-31)30(35)32-19-27-10-7-14-36-27/h4-6,8-9,11-12,16-17,20-21,27H,7,10,13-15,19H2,1-3H3,(H,32,35). The summed E-state index contributed by atoms with van der Waals surface area (Å²) in [5.41, 5.74) is 4.15. The molecular weight excluding hydrogens is 464 g/mol. The summed E-state index contributed by atoms with van der Waals surface area (Å²) in [6.07, 6.45) is 6.35. The van der Waals surface area contributed by atoms with Crippen LogP contribution in [0.3, 0.4) is 0 Å². The Kier molecular flexibility index (Phi) is 8.76. The molecule has 1 N–H and O–H groups in total. The maximum Gasteiger partial charge on any atom is 0.262 e. The maximum atomic E-state index is 12.8. The number of hydrogen-bond donors (Lipinski definition) is 1. The third-order valence-corrected chi connectivity index (χ3v) is 6.34. The van der Waals surface area contributed by atoms with E-state index in [4.69, 9.17) is 14.6 Å². The number of rotatable bonds is 10. The fraction of sp³-hybridized carbons (Fsp3) is 0.367. The van der Waals surface area contributed by atoms with Crippen molar-refractivity contribution in [3.8, 4) is 28.8 Å². The molecule has 0 saturated carbocycles. The number of carbonyl (C=O) groups is 1. The van der Waals surface area contributed by atoms with Crippen molar-refractivity contribution < 1.29 is 14.3 Å². The van der Waals surface area contributed by atoms with Gasteiger partial charge in [-0.1, -0.05) is 32.0 Å². The lowest BCUT2D eigenvalue weighted by Gasteiger charge is -2.12. The molecule has 3 aromatic rings. The van der Waals surface area contributed by atoms with Gasteiger partial charge in [-0.3, -0.25) is 4.79 Å². The predicted molar refractivity (Wildman–Crippen MR) is 144 cm³/mol. The van der Waals surface area contributed by atoms with E-state index in [2.05, 4.69) is 25.2 Å². The average Bonchev–Trinajstić information content (AvgIpc) is 3.57. The van der Waals surface area contributed by atoms with E-state index in [1.54, 1.807) is 10.8 Å². The second kappa shape index (κ2) is 12.4. The molecule has 0 bridgehead atoms. The largest absolute Gasteiger partial charge is 0.493 e. The molecule has 4 rings (SSSR count). The zero-order valence-corrected chi connectivity index (χ0v) is 21.7. The highest BCUT2D eigenvalue weighted by Crippen LogP contribution is 2.30. The molecule has 1 aliphatic rings. The summed E-state index contributed by atoms with van der Waals surface area (Å²) in [4.78, 5) is 12.8. The van der Waals surface area contributed by atoms with Crippen molar-refractivity contribution in [1.29, 1.82) is 5.26 Å². The number of ether oxygens (including phenoxy) is 2. The SMILES string of the molecule is Cc1cc(-c2nn(-c3ccccc3)cc2C=C(C#N)C(=O)NCC2CCCO2)ccc1OCCC(C)C. The molecule has 192 valence electrons. The topological polar surface area (TPSA) is 89.2 Å². The van der Waals surface area contributed by atoms with Gasteiger partial charge in [-0.05, 0) is 74.1 Å². The molecule has 1 aromatic heterocycles. The quantitative estimate of drug-likeness (QED) is 0.296. The summed E-state index contributed by atoms with van der Waals surface area (Å²) in [7, 11) is 0. The molecule has 1 atom stereocenters. The Labute approximate surface area is 218 Å². The van der Waals surface area contributed by atoms with Crippen molar-refractivity contribution >= 4 is 12.0 Å². The number of nitrogens with one attached hydrogen (secondary N) is 1. The molecular formula is C30H34N4O3. The second-order valence-corrected chi connectivity index (χ2v) is 9.74. The van der Waals surface area contributed by atoms with E-state index in [0.29, 0.717) is 36.9 Å². The van der Waals surface area contributed by atoms with Crippen LogP contribution in [0.15, 0.2) is 60.3 Å². The molecule has 0 spiro atoms. The fourth-order valence-corrected chi connectivity index (χ4v) is 4.20. The van der Waals surface area contributed by atoms with Crippen LogP contribution in [-0.4, -0.2) is 41.6 Å². The smallest absolute Gasteiger partial charge is 0.262 e. The minimum atomic E-state index is -0.415. The molecule has 2 heterocycles. The van der Waals surface area contributed by atoms with Crippen molar-refractivity contribution in [3.05, 3.63) is 71.4 Å². The number of benzene rings is 2. The highest BCUT2D eigenvalue weighted by molar-refractivity contribution is 6.02. The van der Waals surface area contributed by atoms with Gasteiger partial charge in [0.05, 0.1) is 18.4 Å². The monoisotopic (exact) mass is 498 g/mol. The van der Waals surface area contributed by atoms with E-state index in [-0.39, 0.29) is 11.7 Å². The Bertz CT molecular complexity index is 1280. The molecule has 1 unspecified atom stereocenters. The summed E-state index contributed by atoms with van der Waals surface area (Å²) < 4.78 is 13.3. The highest BCUT2D eigenvalue weighted by Gasteiger charge is 2.19. The Balaban J connectivity index is 1.64. The summed E-state index contributed by atoms with van der Waals surface area (Å²) in [5.74, 6) is 1.00. The number of nitrogens with zero attached hydrogens (tertiary/aromatic N) is 3. The lowest BCUT2D eigenvalue weighted by molar-refractivity contribution is -0.117. The molecule has 1 amide bonds. The van der Waals surface area contributed by atoms with Gasteiger partial charge in [0.25, 0.3) is 5.91 Å². The highest BCUT2D eigenvalue weighted by atomic mass is 16.5. The fourth-order valence-electron chi connectivity index (χ4n) is 4.20. The zero-order chi connectivity index (χ0) is 26.2. The van der Waals surface area contributed by atoms with E-state index >= 15 is 0 Å². The van der Waals surface area contributed by atoms with Gasteiger partial charge in [0, 0.05) is 30.5 Å². The summed E-state index contributed by atoms with van der Waals surface area (Å²) in [6, 6.07) is 17.8. The van der Waals surface area contributed by atoms with Gasteiger partial charge < -0.3 is 14.8 Å².